The Morgan fingerprint density at radius 2 is 2.00 bits per heavy atom. The minimum Gasteiger partial charge on any atom is -0.370 e. The second-order valence-corrected chi connectivity index (χ2v) is 4.47. The van der Waals surface area contributed by atoms with Crippen LogP contribution in [0.4, 0.5) is 0 Å². The molecule has 0 fully saturated rings. The van der Waals surface area contributed by atoms with Crippen LogP contribution in [0.15, 0.2) is 0 Å². The van der Waals surface area contributed by atoms with Crippen molar-refractivity contribution in [3.63, 3.8) is 0 Å². The number of thiol groups is 1. The van der Waals surface area contributed by atoms with Crippen LogP contribution in [0.3, 0.4) is 0 Å². The van der Waals surface area contributed by atoms with Crippen molar-refractivity contribution in [1.82, 2.24) is 5.32 Å². The summed E-state index contributed by atoms with van der Waals surface area (Å²) in [4.78, 5) is 21.8. The average Bonchev–Trinajstić information content (AvgIpc) is 1.81. The van der Waals surface area contributed by atoms with Crippen molar-refractivity contribution >= 4 is 24.4 Å². The molecule has 0 saturated heterocycles. The fraction of sp³-hybridized carbons (Fsp3) is 0.750. The summed E-state index contributed by atoms with van der Waals surface area (Å²) in [7, 11) is 0. The molecule has 5 heteroatoms. The zero-order chi connectivity index (χ0) is 10.6. The van der Waals surface area contributed by atoms with Crippen molar-refractivity contribution < 1.29 is 9.59 Å². The summed E-state index contributed by atoms with van der Waals surface area (Å²) < 4.78 is 0. The maximum atomic E-state index is 11.2. The van der Waals surface area contributed by atoms with Crippen molar-refractivity contribution in [2.24, 2.45) is 5.73 Å². The zero-order valence-electron chi connectivity index (χ0n) is 8.13. The lowest BCUT2D eigenvalue weighted by Gasteiger charge is -2.25. The number of hydrogen-bond acceptors (Lipinski definition) is 3. The van der Waals surface area contributed by atoms with Crippen LogP contribution in [0.2, 0.25) is 0 Å². The van der Waals surface area contributed by atoms with Gasteiger partial charge in [-0.25, -0.2) is 0 Å². The van der Waals surface area contributed by atoms with Gasteiger partial charge in [0, 0.05) is 12.0 Å². The molecule has 1 atom stereocenters. The number of amides is 2. The highest BCUT2D eigenvalue weighted by Gasteiger charge is 2.23. The molecule has 0 aromatic carbocycles. The van der Waals surface area contributed by atoms with Crippen molar-refractivity contribution in [3.05, 3.63) is 0 Å². The van der Waals surface area contributed by atoms with Crippen molar-refractivity contribution in [3.8, 4) is 0 Å². The van der Waals surface area contributed by atoms with Gasteiger partial charge in [0.1, 0.15) is 0 Å². The first kappa shape index (κ1) is 12.3. The van der Waals surface area contributed by atoms with E-state index in [0.29, 0.717) is 0 Å². The molecule has 0 spiro atoms. The molecular formula is C8H16N2O2S. The number of hydrogen-bond donors (Lipinski definition) is 3. The third kappa shape index (κ3) is 5.52. The van der Waals surface area contributed by atoms with Crippen LogP contribution in [-0.2, 0) is 9.59 Å². The zero-order valence-corrected chi connectivity index (χ0v) is 9.02. The number of nitrogens with two attached hydrogens (primary N) is 1. The van der Waals surface area contributed by atoms with Crippen LogP contribution in [0, 0.1) is 0 Å². The van der Waals surface area contributed by atoms with E-state index in [0.717, 1.165) is 0 Å². The van der Waals surface area contributed by atoms with Crippen LogP contribution in [0.25, 0.3) is 0 Å². The third-order valence-corrected chi connectivity index (χ3v) is 1.69. The Bertz CT molecular complexity index is 214. The summed E-state index contributed by atoms with van der Waals surface area (Å²) in [5.74, 6) is -0.633. The number of nitrogens with one attached hydrogen (secondary N) is 1. The Morgan fingerprint density at radius 1 is 1.54 bits per heavy atom. The molecule has 76 valence electrons. The van der Waals surface area contributed by atoms with Crippen LogP contribution >= 0.6 is 12.6 Å². The monoisotopic (exact) mass is 204 g/mol. The van der Waals surface area contributed by atoms with E-state index >= 15 is 0 Å². The summed E-state index contributed by atoms with van der Waals surface area (Å²) in [5.41, 5.74) is 4.42. The lowest BCUT2D eigenvalue weighted by molar-refractivity contribution is -0.123. The lowest BCUT2D eigenvalue weighted by Crippen LogP contribution is -2.48. The number of carbonyl (C=O) groups excluding carboxylic acids is 2. The van der Waals surface area contributed by atoms with Crippen LogP contribution < -0.4 is 11.1 Å². The van der Waals surface area contributed by atoms with Gasteiger partial charge in [0.05, 0.1) is 5.25 Å². The van der Waals surface area contributed by atoms with E-state index in [2.05, 4.69) is 17.9 Å². The molecule has 0 bridgehead atoms. The van der Waals surface area contributed by atoms with Gasteiger partial charge in [-0.05, 0) is 20.8 Å². The fourth-order valence-electron chi connectivity index (χ4n) is 0.918. The Kier molecular flexibility index (Phi) is 4.26. The summed E-state index contributed by atoms with van der Waals surface area (Å²) in [6.45, 7) is 5.15. The molecule has 0 aromatic heterocycles. The molecule has 0 rings (SSSR count). The first-order chi connectivity index (χ1) is 5.74. The van der Waals surface area contributed by atoms with E-state index in [1.54, 1.807) is 20.8 Å². The van der Waals surface area contributed by atoms with Gasteiger partial charge < -0.3 is 11.1 Å². The van der Waals surface area contributed by atoms with Crippen LogP contribution in [0.5, 0.6) is 0 Å². The summed E-state index contributed by atoms with van der Waals surface area (Å²) in [6, 6.07) is 0. The maximum absolute atomic E-state index is 11.2. The molecule has 0 aliphatic carbocycles. The fourth-order valence-corrected chi connectivity index (χ4v) is 0.982. The molecule has 0 aliphatic rings. The van der Waals surface area contributed by atoms with Gasteiger partial charge in [0.15, 0.2) is 0 Å². The highest BCUT2D eigenvalue weighted by atomic mass is 32.1. The Hall–Kier alpha value is -0.710. The number of primary amides is 1. The first-order valence-corrected chi connectivity index (χ1v) is 4.54. The van der Waals surface area contributed by atoms with Gasteiger partial charge >= 0.3 is 0 Å². The molecular weight excluding hydrogens is 188 g/mol. The second-order valence-electron chi connectivity index (χ2n) is 3.69. The summed E-state index contributed by atoms with van der Waals surface area (Å²) in [5, 5.41) is 2.29. The normalized spacial score (nSPS) is 13.5. The Balaban J connectivity index is 4.16. The van der Waals surface area contributed by atoms with Gasteiger partial charge in [-0.1, -0.05) is 0 Å². The SMILES string of the molecule is CC(S)C(=O)NC(C)(C)CC(N)=O. The lowest BCUT2D eigenvalue weighted by atomic mass is 10.0. The van der Waals surface area contributed by atoms with Crippen LogP contribution in [-0.4, -0.2) is 22.6 Å². The molecule has 1 unspecified atom stereocenters. The average molecular weight is 204 g/mol. The van der Waals surface area contributed by atoms with E-state index in [1.807, 2.05) is 0 Å². The van der Waals surface area contributed by atoms with E-state index in [4.69, 9.17) is 5.73 Å². The van der Waals surface area contributed by atoms with Gasteiger partial charge in [-0.3, -0.25) is 9.59 Å². The van der Waals surface area contributed by atoms with E-state index in [9.17, 15) is 9.59 Å². The molecule has 0 aliphatic heterocycles. The molecule has 0 saturated carbocycles. The Labute approximate surface area is 83.7 Å². The molecule has 0 radical (unpaired) electrons. The molecule has 2 amide bonds. The van der Waals surface area contributed by atoms with Gasteiger partial charge in [0.2, 0.25) is 11.8 Å². The van der Waals surface area contributed by atoms with Gasteiger partial charge in [0.25, 0.3) is 0 Å². The standard InChI is InChI=1S/C8H16N2O2S/c1-5(13)7(12)10-8(2,3)4-6(9)11/h5,13H,4H2,1-3H3,(H2,9,11)(H,10,12). The highest BCUT2D eigenvalue weighted by molar-refractivity contribution is 7.81. The predicted molar refractivity (Wildman–Crippen MR) is 54.5 cm³/mol. The molecule has 0 aromatic rings. The second kappa shape index (κ2) is 4.50. The molecule has 3 N–H and O–H groups in total. The molecule has 0 heterocycles. The van der Waals surface area contributed by atoms with Crippen molar-refractivity contribution in [2.45, 2.75) is 38.0 Å². The van der Waals surface area contributed by atoms with E-state index in [-0.39, 0.29) is 17.6 Å². The molecule has 4 nitrogen and oxygen atoms in total. The Morgan fingerprint density at radius 3 is 2.31 bits per heavy atom. The van der Waals surface area contributed by atoms with Crippen molar-refractivity contribution in [2.75, 3.05) is 0 Å². The number of carbonyl (C=O) groups is 2. The van der Waals surface area contributed by atoms with E-state index in [1.165, 1.54) is 0 Å². The van der Waals surface area contributed by atoms with E-state index < -0.39 is 11.4 Å². The first-order valence-electron chi connectivity index (χ1n) is 4.03. The van der Waals surface area contributed by atoms with Gasteiger partial charge in [-0.2, -0.15) is 12.6 Å². The number of rotatable bonds is 4. The third-order valence-electron chi connectivity index (χ3n) is 1.46. The summed E-state index contributed by atoms with van der Waals surface area (Å²) in [6.07, 6.45) is 0.124. The minimum absolute atomic E-state index is 0.124. The maximum Gasteiger partial charge on any atom is 0.232 e. The molecule has 13 heavy (non-hydrogen) atoms. The summed E-state index contributed by atoms with van der Waals surface area (Å²) >= 11 is 3.97. The predicted octanol–water partition coefficient (Wildman–Crippen LogP) is 0.0749. The minimum atomic E-state index is -0.597. The largest absolute Gasteiger partial charge is 0.370 e. The topological polar surface area (TPSA) is 72.2 Å². The van der Waals surface area contributed by atoms with Crippen molar-refractivity contribution in [1.29, 1.82) is 0 Å². The van der Waals surface area contributed by atoms with Crippen LogP contribution in [0.1, 0.15) is 27.2 Å². The smallest absolute Gasteiger partial charge is 0.232 e. The quantitative estimate of drug-likeness (QED) is 0.567. The van der Waals surface area contributed by atoms with Gasteiger partial charge in [-0.15, -0.1) is 0 Å². The highest BCUT2D eigenvalue weighted by Crippen LogP contribution is 2.08.